The first kappa shape index (κ1) is 12.2. The molecule has 0 saturated carbocycles. The predicted octanol–water partition coefficient (Wildman–Crippen LogP) is 0.919. The molecule has 0 aliphatic heterocycles. The summed E-state index contributed by atoms with van der Waals surface area (Å²) < 4.78 is 13.4. The van der Waals surface area contributed by atoms with Crippen LogP contribution in [0.2, 0.25) is 0 Å². The van der Waals surface area contributed by atoms with E-state index in [2.05, 4.69) is 17.2 Å². The number of aliphatic hydroxyl groups excluding tert-OH is 1. The third-order valence-corrected chi connectivity index (χ3v) is 1.87. The quantitative estimate of drug-likeness (QED) is 0.729. The summed E-state index contributed by atoms with van der Waals surface area (Å²) in [6.07, 6.45) is 0. The Morgan fingerprint density at radius 1 is 1.56 bits per heavy atom. The van der Waals surface area contributed by atoms with E-state index in [0.717, 1.165) is 6.07 Å². The summed E-state index contributed by atoms with van der Waals surface area (Å²) in [4.78, 5) is 11.4. The minimum atomic E-state index is -0.565. The summed E-state index contributed by atoms with van der Waals surface area (Å²) in [6, 6.07) is 4.05. The van der Waals surface area contributed by atoms with Gasteiger partial charge in [-0.25, -0.2) is 4.39 Å². The van der Waals surface area contributed by atoms with Crippen LogP contribution in [0.5, 0.6) is 0 Å². The summed E-state index contributed by atoms with van der Waals surface area (Å²) in [5.74, 6) is 3.92. The van der Waals surface area contributed by atoms with E-state index in [1.165, 1.54) is 12.1 Å². The van der Waals surface area contributed by atoms with Gasteiger partial charge in [0.05, 0.1) is 5.56 Å². The topological polar surface area (TPSA) is 49.3 Å². The first-order valence-electron chi connectivity index (χ1n) is 4.86. The molecule has 0 aliphatic carbocycles. The highest BCUT2D eigenvalue weighted by Crippen LogP contribution is 2.09. The summed E-state index contributed by atoms with van der Waals surface area (Å²) in [6.45, 7) is 1.96. The van der Waals surface area contributed by atoms with Gasteiger partial charge in [0.1, 0.15) is 12.4 Å². The zero-order valence-corrected chi connectivity index (χ0v) is 8.88. The van der Waals surface area contributed by atoms with Crippen LogP contribution in [-0.4, -0.2) is 24.2 Å². The third kappa shape index (κ3) is 3.07. The van der Waals surface area contributed by atoms with E-state index in [4.69, 9.17) is 5.11 Å². The molecule has 0 heterocycles. The Morgan fingerprint density at radius 2 is 2.31 bits per heavy atom. The maximum atomic E-state index is 13.4. The van der Waals surface area contributed by atoms with Crippen molar-refractivity contribution in [2.45, 2.75) is 6.92 Å². The van der Waals surface area contributed by atoms with E-state index < -0.39 is 5.82 Å². The molecule has 0 bridgehead atoms. The number of carbonyl (C=O) groups excluding carboxylic acids is 1. The van der Waals surface area contributed by atoms with Gasteiger partial charge in [0.2, 0.25) is 0 Å². The lowest BCUT2D eigenvalue weighted by Gasteiger charge is -2.02. The molecule has 1 rings (SSSR count). The van der Waals surface area contributed by atoms with Crippen molar-refractivity contribution in [1.82, 2.24) is 5.32 Å². The van der Waals surface area contributed by atoms with E-state index in [0.29, 0.717) is 6.54 Å². The van der Waals surface area contributed by atoms with Gasteiger partial charge in [0, 0.05) is 12.1 Å². The highest BCUT2D eigenvalue weighted by atomic mass is 19.1. The number of hydrogen-bond donors (Lipinski definition) is 2. The lowest BCUT2D eigenvalue weighted by molar-refractivity contribution is 0.0955. The minimum Gasteiger partial charge on any atom is -0.384 e. The molecule has 1 aromatic rings. The fourth-order valence-corrected chi connectivity index (χ4v) is 1.16. The van der Waals surface area contributed by atoms with Crippen LogP contribution < -0.4 is 5.32 Å². The highest BCUT2D eigenvalue weighted by molar-refractivity contribution is 5.94. The molecule has 1 amide bonds. The van der Waals surface area contributed by atoms with E-state index in [1.54, 1.807) is 6.92 Å². The fourth-order valence-electron chi connectivity index (χ4n) is 1.16. The van der Waals surface area contributed by atoms with Gasteiger partial charge in [0.15, 0.2) is 0 Å². The molecule has 0 unspecified atom stereocenters. The van der Waals surface area contributed by atoms with Crippen molar-refractivity contribution >= 4 is 5.91 Å². The van der Waals surface area contributed by atoms with Gasteiger partial charge in [0.25, 0.3) is 5.91 Å². The van der Waals surface area contributed by atoms with Crippen LogP contribution in [0.25, 0.3) is 0 Å². The van der Waals surface area contributed by atoms with Gasteiger partial charge in [-0.2, -0.15) is 0 Å². The number of aliphatic hydroxyl groups is 1. The largest absolute Gasteiger partial charge is 0.384 e. The van der Waals surface area contributed by atoms with Crippen LogP contribution in [0.3, 0.4) is 0 Å². The van der Waals surface area contributed by atoms with Gasteiger partial charge in [-0.05, 0) is 25.1 Å². The molecule has 16 heavy (non-hydrogen) atoms. The standard InChI is InChI=1S/C12H12FNO2/c1-2-14-12(16)10-6-5-9(4-3-7-15)11(13)8-10/h5-6,8,15H,2,7H2,1H3,(H,14,16). The Kier molecular flexibility index (Phi) is 4.49. The van der Waals surface area contributed by atoms with Crippen LogP contribution in [0.1, 0.15) is 22.8 Å². The molecule has 2 N–H and O–H groups in total. The van der Waals surface area contributed by atoms with Crippen molar-refractivity contribution in [3.05, 3.63) is 35.1 Å². The van der Waals surface area contributed by atoms with Crippen molar-refractivity contribution in [3.8, 4) is 11.8 Å². The second kappa shape index (κ2) is 5.89. The number of rotatable bonds is 2. The van der Waals surface area contributed by atoms with Gasteiger partial charge in [-0.15, -0.1) is 0 Å². The Bertz CT molecular complexity index is 446. The molecule has 0 aromatic heterocycles. The van der Waals surface area contributed by atoms with Crippen molar-refractivity contribution < 1.29 is 14.3 Å². The van der Waals surface area contributed by atoms with Gasteiger partial charge >= 0.3 is 0 Å². The molecule has 3 nitrogen and oxygen atoms in total. The first-order chi connectivity index (χ1) is 7.69. The predicted molar refractivity (Wildman–Crippen MR) is 58.4 cm³/mol. The molecule has 0 fully saturated rings. The zero-order valence-electron chi connectivity index (χ0n) is 8.88. The van der Waals surface area contributed by atoms with E-state index >= 15 is 0 Å². The monoisotopic (exact) mass is 221 g/mol. The third-order valence-electron chi connectivity index (χ3n) is 1.87. The van der Waals surface area contributed by atoms with Gasteiger partial charge < -0.3 is 10.4 Å². The number of amides is 1. The van der Waals surface area contributed by atoms with Crippen molar-refractivity contribution in [2.75, 3.05) is 13.2 Å². The Balaban J connectivity index is 2.95. The molecule has 0 radical (unpaired) electrons. The fraction of sp³-hybridized carbons (Fsp3) is 0.250. The number of hydrogen-bond acceptors (Lipinski definition) is 2. The average molecular weight is 221 g/mol. The SMILES string of the molecule is CCNC(=O)c1ccc(C#CCO)c(F)c1. The zero-order chi connectivity index (χ0) is 12.0. The van der Waals surface area contributed by atoms with Gasteiger partial charge in [-0.3, -0.25) is 4.79 Å². The summed E-state index contributed by atoms with van der Waals surface area (Å²) in [5.41, 5.74) is 0.427. The first-order valence-corrected chi connectivity index (χ1v) is 4.86. The Hall–Kier alpha value is -1.86. The van der Waals surface area contributed by atoms with Crippen LogP contribution in [0, 0.1) is 17.7 Å². The van der Waals surface area contributed by atoms with Crippen LogP contribution in [-0.2, 0) is 0 Å². The second-order valence-corrected chi connectivity index (χ2v) is 3.01. The molecule has 0 aliphatic rings. The van der Waals surface area contributed by atoms with E-state index in [1.807, 2.05) is 0 Å². The summed E-state index contributed by atoms with van der Waals surface area (Å²) >= 11 is 0. The van der Waals surface area contributed by atoms with E-state index in [-0.39, 0.29) is 23.6 Å². The number of halogens is 1. The normalized spacial score (nSPS) is 9.19. The average Bonchev–Trinajstić information content (AvgIpc) is 2.27. The van der Waals surface area contributed by atoms with Crippen molar-refractivity contribution in [2.24, 2.45) is 0 Å². The lowest BCUT2D eigenvalue weighted by Crippen LogP contribution is -2.22. The number of nitrogens with one attached hydrogen (secondary N) is 1. The number of benzene rings is 1. The smallest absolute Gasteiger partial charge is 0.251 e. The van der Waals surface area contributed by atoms with Crippen molar-refractivity contribution in [1.29, 1.82) is 0 Å². The summed E-state index contributed by atoms with van der Waals surface area (Å²) in [5, 5.41) is 11.0. The molecule has 4 heteroatoms. The van der Waals surface area contributed by atoms with Crippen molar-refractivity contribution in [3.63, 3.8) is 0 Å². The van der Waals surface area contributed by atoms with Crippen LogP contribution >= 0.6 is 0 Å². The minimum absolute atomic E-state index is 0.169. The molecule has 0 saturated heterocycles. The van der Waals surface area contributed by atoms with Crippen LogP contribution in [0.15, 0.2) is 18.2 Å². The molecular weight excluding hydrogens is 209 g/mol. The number of carbonyl (C=O) groups is 1. The van der Waals surface area contributed by atoms with Gasteiger partial charge in [-0.1, -0.05) is 11.8 Å². The molecule has 1 aromatic carbocycles. The van der Waals surface area contributed by atoms with Crippen LogP contribution in [0.4, 0.5) is 4.39 Å². The Morgan fingerprint density at radius 3 is 2.88 bits per heavy atom. The molecule has 84 valence electrons. The molecule has 0 spiro atoms. The molecular formula is C12H12FNO2. The maximum absolute atomic E-state index is 13.4. The maximum Gasteiger partial charge on any atom is 0.251 e. The Labute approximate surface area is 93.3 Å². The second-order valence-electron chi connectivity index (χ2n) is 3.01. The lowest BCUT2D eigenvalue weighted by atomic mass is 10.1. The molecule has 0 atom stereocenters. The highest BCUT2D eigenvalue weighted by Gasteiger charge is 2.07. The van der Waals surface area contributed by atoms with E-state index in [9.17, 15) is 9.18 Å². The summed E-state index contributed by atoms with van der Waals surface area (Å²) in [7, 11) is 0.